The number of piperidine rings is 2. The van der Waals surface area contributed by atoms with Crippen molar-refractivity contribution >= 4 is 11.8 Å². The van der Waals surface area contributed by atoms with Crippen LogP contribution in [-0.4, -0.2) is 57.3 Å². The second-order valence-electron chi connectivity index (χ2n) is 7.17. The van der Waals surface area contributed by atoms with Crippen molar-refractivity contribution in [3.8, 4) is 0 Å². The van der Waals surface area contributed by atoms with Crippen molar-refractivity contribution in [1.29, 1.82) is 0 Å². The van der Waals surface area contributed by atoms with Crippen LogP contribution in [0.15, 0.2) is 42.7 Å². The Morgan fingerprint density at radius 2 is 2.08 bits per heavy atom. The third-order valence-electron chi connectivity index (χ3n) is 5.62. The van der Waals surface area contributed by atoms with Crippen LogP contribution in [0.25, 0.3) is 0 Å². The van der Waals surface area contributed by atoms with Crippen molar-refractivity contribution in [2.75, 3.05) is 19.6 Å². The minimum atomic E-state index is -0.0406. The number of carbonyl (C=O) groups is 2. The predicted molar refractivity (Wildman–Crippen MR) is 97.5 cm³/mol. The maximum atomic E-state index is 12.5. The molecule has 2 saturated heterocycles. The van der Waals surface area contributed by atoms with Gasteiger partial charge in [-0.25, -0.2) is 4.98 Å². The van der Waals surface area contributed by atoms with Crippen LogP contribution in [-0.2, 0) is 11.2 Å². The molecule has 1 N–H and O–H groups in total. The number of nitrogens with zero attached hydrogens (tertiary/aromatic N) is 3. The number of amides is 2. The molecule has 4 rings (SSSR count). The SMILES string of the molecule is O=C(c1ncc[nH]1)N1CC[C@H]2[C@H](CCC(=O)N2CCc2ccccc2)C1. The van der Waals surface area contributed by atoms with Crippen LogP contribution in [0.1, 0.15) is 35.4 Å². The Morgan fingerprint density at radius 3 is 2.85 bits per heavy atom. The van der Waals surface area contributed by atoms with Crippen molar-refractivity contribution in [3.63, 3.8) is 0 Å². The van der Waals surface area contributed by atoms with Crippen LogP contribution in [0.5, 0.6) is 0 Å². The van der Waals surface area contributed by atoms with E-state index in [1.807, 2.05) is 23.1 Å². The summed E-state index contributed by atoms with van der Waals surface area (Å²) >= 11 is 0. The fraction of sp³-hybridized carbons (Fsp3) is 0.450. The Kier molecular flexibility index (Phi) is 4.73. The number of fused-ring (bicyclic) bond motifs is 1. The number of hydrogen-bond donors (Lipinski definition) is 1. The molecule has 2 aliphatic heterocycles. The van der Waals surface area contributed by atoms with E-state index in [0.29, 0.717) is 31.3 Å². The Balaban J connectivity index is 1.41. The van der Waals surface area contributed by atoms with Gasteiger partial charge < -0.3 is 14.8 Å². The summed E-state index contributed by atoms with van der Waals surface area (Å²) in [5, 5.41) is 0. The molecule has 26 heavy (non-hydrogen) atoms. The number of rotatable bonds is 4. The van der Waals surface area contributed by atoms with Crippen molar-refractivity contribution < 1.29 is 9.59 Å². The number of likely N-dealkylation sites (tertiary alicyclic amines) is 2. The highest BCUT2D eigenvalue weighted by Crippen LogP contribution is 2.31. The molecule has 2 amide bonds. The summed E-state index contributed by atoms with van der Waals surface area (Å²) in [6.07, 6.45) is 6.45. The number of aromatic amines is 1. The zero-order chi connectivity index (χ0) is 17.9. The van der Waals surface area contributed by atoms with Gasteiger partial charge in [0.15, 0.2) is 5.82 Å². The lowest BCUT2D eigenvalue weighted by molar-refractivity contribution is -0.140. The molecule has 1 aromatic heterocycles. The fourth-order valence-corrected chi connectivity index (χ4v) is 4.25. The number of hydrogen-bond acceptors (Lipinski definition) is 3. The number of imidazole rings is 1. The maximum Gasteiger partial charge on any atom is 0.289 e. The summed E-state index contributed by atoms with van der Waals surface area (Å²) in [6, 6.07) is 10.6. The topological polar surface area (TPSA) is 69.3 Å². The smallest absolute Gasteiger partial charge is 0.289 e. The summed E-state index contributed by atoms with van der Waals surface area (Å²) < 4.78 is 0. The zero-order valence-corrected chi connectivity index (χ0v) is 14.8. The Bertz CT molecular complexity index is 759. The van der Waals surface area contributed by atoms with Crippen molar-refractivity contribution in [3.05, 3.63) is 54.1 Å². The summed E-state index contributed by atoms with van der Waals surface area (Å²) in [5.74, 6) is 0.974. The van der Waals surface area contributed by atoms with E-state index in [4.69, 9.17) is 0 Å². The average molecular weight is 352 g/mol. The van der Waals surface area contributed by atoms with E-state index in [9.17, 15) is 9.59 Å². The first-order chi connectivity index (χ1) is 12.7. The van der Waals surface area contributed by atoms with Gasteiger partial charge in [0.1, 0.15) is 0 Å². The molecule has 0 unspecified atom stereocenters. The number of benzene rings is 1. The molecule has 0 aliphatic carbocycles. The largest absolute Gasteiger partial charge is 0.341 e. The van der Waals surface area contributed by atoms with Gasteiger partial charge in [-0.2, -0.15) is 0 Å². The van der Waals surface area contributed by atoms with E-state index in [-0.39, 0.29) is 17.9 Å². The normalized spacial score (nSPS) is 23.0. The lowest BCUT2D eigenvalue weighted by Gasteiger charge is -2.47. The quantitative estimate of drug-likeness (QED) is 0.916. The average Bonchev–Trinajstić information content (AvgIpc) is 3.22. The lowest BCUT2D eigenvalue weighted by atomic mass is 9.83. The van der Waals surface area contributed by atoms with E-state index < -0.39 is 0 Å². The van der Waals surface area contributed by atoms with E-state index in [1.54, 1.807) is 12.4 Å². The third-order valence-corrected chi connectivity index (χ3v) is 5.62. The highest BCUT2D eigenvalue weighted by molar-refractivity contribution is 5.90. The molecule has 6 nitrogen and oxygen atoms in total. The molecule has 3 heterocycles. The minimum Gasteiger partial charge on any atom is -0.341 e. The molecule has 6 heteroatoms. The molecule has 136 valence electrons. The van der Waals surface area contributed by atoms with Gasteiger partial charge in [0.2, 0.25) is 5.91 Å². The van der Waals surface area contributed by atoms with Gasteiger partial charge in [-0.3, -0.25) is 9.59 Å². The Hall–Kier alpha value is -2.63. The molecule has 2 atom stereocenters. The molecule has 0 bridgehead atoms. The van der Waals surface area contributed by atoms with Gasteiger partial charge in [-0.15, -0.1) is 0 Å². The molecule has 2 fully saturated rings. The zero-order valence-electron chi connectivity index (χ0n) is 14.8. The van der Waals surface area contributed by atoms with Gasteiger partial charge in [-0.05, 0) is 30.7 Å². The number of aromatic nitrogens is 2. The van der Waals surface area contributed by atoms with E-state index in [2.05, 4.69) is 27.0 Å². The van der Waals surface area contributed by atoms with Crippen molar-refractivity contribution in [2.24, 2.45) is 5.92 Å². The Morgan fingerprint density at radius 1 is 1.23 bits per heavy atom. The Labute approximate surface area is 153 Å². The summed E-state index contributed by atoms with van der Waals surface area (Å²) in [5.41, 5.74) is 1.26. The van der Waals surface area contributed by atoms with Crippen LogP contribution in [0.2, 0.25) is 0 Å². The number of H-pyrrole nitrogens is 1. The van der Waals surface area contributed by atoms with Gasteiger partial charge >= 0.3 is 0 Å². The summed E-state index contributed by atoms with van der Waals surface area (Å²) in [4.78, 5) is 36.0. The molecule has 0 saturated carbocycles. The predicted octanol–water partition coefficient (Wildman–Crippen LogP) is 2.11. The van der Waals surface area contributed by atoms with E-state index in [1.165, 1.54) is 5.56 Å². The molecule has 1 aromatic carbocycles. The molecular formula is C20H24N4O2. The standard InChI is InChI=1S/C20H24N4O2/c25-18-7-6-16-14-23(20(26)19-21-10-11-22-19)12-9-17(16)24(18)13-8-15-4-2-1-3-5-15/h1-5,10-11,16-17H,6-9,12-14H2,(H,21,22)/t16-,17+/m1/s1. The second kappa shape index (κ2) is 7.32. The van der Waals surface area contributed by atoms with E-state index in [0.717, 1.165) is 25.8 Å². The molecule has 0 spiro atoms. The third kappa shape index (κ3) is 3.36. The van der Waals surface area contributed by atoms with Gasteiger partial charge in [0.05, 0.1) is 0 Å². The molecular weight excluding hydrogens is 328 g/mol. The summed E-state index contributed by atoms with van der Waals surface area (Å²) in [6.45, 7) is 2.14. The monoisotopic (exact) mass is 352 g/mol. The van der Waals surface area contributed by atoms with Crippen LogP contribution in [0.3, 0.4) is 0 Å². The molecule has 2 aromatic rings. The first kappa shape index (κ1) is 16.8. The second-order valence-corrected chi connectivity index (χ2v) is 7.17. The summed E-state index contributed by atoms with van der Waals surface area (Å²) in [7, 11) is 0. The van der Waals surface area contributed by atoms with Gasteiger partial charge in [-0.1, -0.05) is 30.3 Å². The van der Waals surface area contributed by atoms with Crippen molar-refractivity contribution in [1.82, 2.24) is 19.8 Å². The van der Waals surface area contributed by atoms with Crippen LogP contribution < -0.4 is 0 Å². The first-order valence-corrected chi connectivity index (χ1v) is 9.34. The fourth-order valence-electron chi connectivity index (χ4n) is 4.25. The maximum absolute atomic E-state index is 12.5. The van der Waals surface area contributed by atoms with Gasteiger partial charge in [0, 0.05) is 44.5 Å². The van der Waals surface area contributed by atoms with Crippen LogP contribution in [0.4, 0.5) is 0 Å². The van der Waals surface area contributed by atoms with Crippen LogP contribution in [0, 0.1) is 5.92 Å². The minimum absolute atomic E-state index is 0.0406. The molecule has 2 aliphatic rings. The number of nitrogens with one attached hydrogen (secondary N) is 1. The molecule has 0 radical (unpaired) electrons. The van der Waals surface area contributed by atoms with Crippen molar-refractivity contribution in [2.45, 2.75) is 31.7 Å². The van der Waals surface area contributed by atoms with E-state index >= 15 is 0 Å². The van der Waals surface area contributed by atoms with Gasteiger partial charge in [0.25, 0.3) is 5.91 Å². The highest BCUT2D eigenvalue weighted by atomic mass is 16.2. The lowest BCUT2D eigenvalue weighted by Crippen LogP contribution is -2.57. The first-order valence-electron chi connectivity index (χ1n) is 9.34. The highest BCUT2D eigenvalue weighted by Gasteiger charge is 2.40. The van der Waals surface area contributed by atoms with Crippen LogP contribution >= 0.6 is 0 Å². The number of carbonyl (C=O) groups excluding carboxylic acids is 2.